The number of hydrogen-bond donors (Lipinski definition) is 1. The summed E-state index contributed by atoms with van der Waals surface area (Å²) >= 11 is 0. The fourth-order valence-electron chi connectivity index (χ4n) is 2.51. The minimum atomic E-state index is -4.42. The van der Waals surface area contributed by atoms with E-state index in [9.17, 15) is 18.0 Å². The summed E-state index contributed by atoms with van der Waals surface area (Å²) in [7, 11) is 0. The van der Waals surface area contributed by atoms with Gasteiger partial charge in [0.25, 0.3) is 0 Å². The Bertz CT molecular complexity index is 567. The molecule has 1 aromatic carbocycles. The summed E-state index contributed by atoms with van der Waals surface area (Å²) in [5, 5.41) is 3.05. The molecule has 0 aromatic heterocycles. The second-order valence-electron chi connectivity index (χ2n) is 6.52. The molecule has 0 aliphatic carbocycles. The van der Waals surface area contributed by atoms with E-state index in [-0.39, 0.29) is 12.1 Å². The van der Waals surface area contributed by atoms with Crippen LogP contribution in [-0.2, 0) is 10.9 Å². The molecule has 1 fully saturated rings. The van der Waals surface area contributed by atoms with Crippen molar-refractivity contribution in [3.8, 4) is 0 Å². The van der Waals surface area contributed by atoms with E-state index in [2.05, 4.69) is 5.32 Å². The van der Waals surface area contributed by atoms with E-state index >= 15 is 0 Å². The zero-order chi connectivity index (χ0) is 17.3. The Morgan fingerprint density at radius 1 is 1.26 bits per heavy atom. The molecular formula is C16H21F3N2O2. The highest BCUT2D eigenvalue weighted by molar-refractivity contribution is 5.68. The van der Waals surface area contributed by atoms with Gasteiger partial charge in [-0.15, -0.1) is 0 Å². The molecule has 1 aliphatic heterocycles. The molecule has 0 saturated carbocycles. The molecule has 23 heavy (non-hydrogen) atoms. The van der Waals surface area contributed by atoms with Crippen LogP contribution in [0.5, 0.6) is 0 Å². The summed E-state index contributed by atoms with van der Waals surface area (Å²) in [4.78, 5) is 13.6. The lowest BCUT2D eigenvalue weighted by Gasteiger charge is -2.35. The highest BCUT2D eigenvalue weighted by Crippen LogP contribution is 2.35. The lowest BCUT2D eigenvalue weighted by atomic mass is 9.98. The van der Waals surface area contributed by atoms with Gasteiger partial charge in [0, 0.05) is 19.6 Å². The van der Waals surface area contributed by atoms with Crippen LogP contribution in [0.4, 0.5) is 18.0 Å². The van der Waals surface area contributed by atoms with E-state index in [1.54, 1.807) is 26.8 Å². The van der Waals surface area contributed by atoms with Crippen LogP contribution < -0.4 is 5.32 Å². The van der Waals surface area contributed by atoms with Crippen molar-refractivity contribution < 1.29 is 22.7 Å². The standard InChI is InChI=1S/C16H21F3N2O2/c1-15(2,3)23-14(22)21-9-8-20-13(10-21)11-6-4-5-7-12(11)16(17,18)19/h4-7,13,20H,8-10H2,1-3H3. The van der Waals surface area contributed by atoms with Gasteiger partial charge in [0.05, 0.1) is 11.6 Å². The van der Waals surface area contributed by atoms with Crippen molar-refractivity contribution in [2.24, 2.45) is 0 Å². The third-order valence-corrected chi connectivity index (χ3v) is 3.47. The maximum absolute atomic E-state index is 13.1. The molecule has 7 heteroatoms. The van der Waals surface area contributed by atoms with Crippen LogP contribution in [0.2, 0.25) is 0 Å². The SMILES string of the molecule is CC(C)(C)OC(=O)N1CCNC(c2ccccc2C(F)(F)F)C1. The van der Waals surface area contributed by atoms with Crippen molar-refractivity contribution in [2.75, 3.05) is 19.6 Å². The number of rotatable bonds is 1. The van der Waals surface area contributed by atoms with Crippen LogP contribution in [0.25, 0.3) is 0 Å². The Hall–Kier alpha value is -1.76. The highest BCUT2D eigenvalue weighted by Gasteiger charge is 2.37. The summed E-state index contributed by atoms with van der Waals surface area (Å²) in [6.07, 6.45) is -4.93. The summed E-state index contributed by atoms with van der Waals surface area (Å²) in [6, 6.07) is 4.86. The summed E-state index contributed by atoms with van der Waals surface area (Å²) in [5.74, 6) is 0. The van der Waals surface area contributed by atoms with E-state index in [1.807, 2.05) is 0 Å². The first-order chi connectivity index (χ1) is 10.6. The first-order valence-electron chi connectivity index (χ1n) is 7.45. The average molecular weight is 330 g/mol. The second kappa shape index (κ2) is 6.39. The number of carbonyl (C=O) groups excluding carboxylic acids is 1. The summed E-state index contributed by atoms with van der Waals surface area (Å²) < 4.78 is 44.7. The number of hydrogen-bond acceptors (Lipinski definition) is 3. The Kier molecular flexibility index (Phi) is 4.89. The number of carbonyl (C=O) groups is 1. The Morgan fingerprint density at radius 3 is 2.52 bits per heavy atom. The fraction of sp³-hybridized carbons (Fsp3) is 0.562. The van der Waals surface area contributed by atoms with Gasteiger partial charge in [0.15, 0.2) is 0 Å². The van der Waals surface area contributed by atoms with Gasteiger partial charge in [-0.1, -0.05) is 18.2 Å². The van der Waals surface area contributed by atoms with E-state index < -0.39 is 29.5 Å². The van der Waals surface area contributed by atoms with Gasteiger partial charge >= 0.3 is 12.3 Å². The van der Waals surface area contributed by atoms with Crippen LogP contribution in [0.1, 0.15) is 37.9 Å². The van der Waals surface area contributed by atoms with Crippen molar-refractivity contribution >= 4 is 6.09 Å². The number of benzene rings is 1. The number of nitrogens with zero attached hydrogens (tertiary/aromatic N) is 1. The molecule has 1 N–H and O–H groups in total. The zero-order valence-corrected chi connectivity index (χ0v) is 13.4. The molecule has 1 unspecified atom stereocenters. The molecule has 1 heterocycles. The highest BCUT2D eigenvalue weighted by atomic mass is 19.4. The van der Waals surface area contributed by atoms with Crippen LogP contribution >= 0.6 is 0 Å². The minimum Gasteiger partial charge on any atom is -0.444 e. The first kappa shape index (κ1) is 17.6. The van der Waals surface area contributed by atoms with Gasteiger partial charge in [0.1, 0.15) is 5.60 Å². The first-order valence-corrected chi connectivity index (χ1v) is 7.45. The fourth-order valence-corrected chi connectivity index (χ4v) is 2.51. The van der Waals surface area contributed by atoms with Gasteiger partial charge < -0.3 is 15.0 Å². The Morgan fingerprint density at radius 2 is 1.91 bits per heavy atom. The van der Waals surface area contributed by atoms with Crippen molar-refractivity contribution in [1.82, 2.24) is 10.2 Å². The van der Waals surface area contributed by atoms with E-state index in [1.165, 1.54) is 17.0 Å². The normalized spacial score (nSPS) is 19.6. The zero-order valence-electron chi connectivity index (χ0n) is 13.4. The molecule has 4 nitrogen and oxygen atoms in total. The molecule has 1 saturated heterocycles. The van der Waals surface area contributed by atoms with Gasteiger partial charge in [0.2, 0.25) is 0 Å². The van der Waals surface area contributed by atoms with Gasteiger partial charge in [-0.3, -0.25) is 0 Å². The number of amides is 1. The lowest BCUT2D eigenvalue weighted by Crippen LogP contribution is -2.50. The van der Waals surface area contributed by atoms with Crippen LogP contribution in [0, 0.1) is 0 Å². The Labute approximate surface area is 133 Å². The second-order valence-corrected chi connectivity index (χ2v) is 6.52. The Balaban J connectivity index is 2.18. The number of ether oxygens (including phenoxy) is 1. The molecule has 128 valence electrons. The van der Waals surface area contributed by atoms with Gasteiger partial charge in [-0.2, -0.15) is 13.2 Å². The molecule has 0 spiro atoms. The predicted octanol–water partition coefficient (Wildman–Crippen LogP) is 3.59. The van der Waals surface area contributed by atoms with Crippen LogP contribution in [-0.4, -0.2) is 36.2 Å². The van der Waals surface area contributed by atoms with Crippen molar-refractivity contribution in [3.05, 3.63) is 35.4 Å². The van der Waals surface area contributed by atoms with Crippen molar-refractivity contribution in [3.63, 3.8) is 0 Å². The van der Waals surface area contributed by atoms with Crippen LogP contribution in [0.15, 0.2) is 24.3 Å². The molecule has 0 bridgehead atoms. The van der Waals surface area contributed by atoms with E-state index in [4.69, 9.17) is 4.74 Å². The molecule has 1 amide bonds. The molecular weight excluding hydrogens is 309 g/mol. The van der Waals surface area contributed by atoms with Gasteiger partial charge in [-0.05, 0) is 32.4 Å². The van der Waals surface area contributed by atoms with E-state index in [0.29, 0.717) is 13.1 Å². The van der Waals surface area contributed by atoms with Crippen molar-refractivity contribution in [2.45, 2.75) is 38.6 Å². The van der Waals surface area contributed by atoms with Crippen molar-refractivity contribution in [1.29, 1.82) is 0 Å². The number of halogens is 3. The topological polar surface area (TPSA) is 41.6 Å². The molecule has 1 atom stereocenters. The maximum Gasteiger partial charge on any atom is 0.416 e. The monoisotopic (exact) mass is 330 g/mol. The number of alkyl halides is 3. The van der Waals surface area contributed by atoms with E-state index in [0.717, 1.165) is 6.07 Å². The largest absolute Gasteiger partial charge is 0.444 e. The molecule has 1 aliphatic rings. The smallest absolute Gasteiger partial charge is 0.416 e. The summed E-state index contributed by atoms with van der Waals surface area (Å²) in [5.41, 5.74) is -1.17. The predicted molar refractivity (Wildman–Crippen MR) is 80.0 cm³/mol. The molecule has 0 radical (unpaired) electrons. The maximum atomic E-state index is 13.1. The lowest BCUT2D eigenvalue weighted by molar-refractivity contribution is -0.138. The third-order valence-electron chi connectivity index (χ3n) is 3.47. The average Bonchev–Trinajstić information content (AvgIpc) is 2.45. The number of piperazine rings is 1. The molecule has 2 rings (SSSR count). The molecule has 1 aromatic rings. The quantitative estimate of drug-likeness (QED) is 0.856. The minimum absolute atomic E-state index is 0.141. The van der Waals surface area contributed by atoms with Crippen LogP contribution in [0.3, 0.4) is 0 Å². The number of nitrogens with one attached hydrogen (secondary N) is 1. The third kappa shape index (κ3) is 4.60. The summed E-state index contributed by atoms with van der Waals surface area (Å²) in [6.45, 7) is 6.22. The van der Waals surface area contributed by atoms with Gasteiger partial charge in [-0.25, -0.2) is 4.79 Å².